The lowest BCUT2D eigenvalue weighted by Crippen LogP contribution is -2.00. The van der Waals surface area contributed by atoms with E-state index in [-0.39, 0.29) is 5.78 Å². The fraction of sp³-hybridized carbons (Fsp3) is 0. The van der Waals surface area contributed by atoms with Crippen LogP contribution in [0.2, 0.25) is 0 Å². The molecule has 0 fully saturated rings. The smallest absolute Gasteiger partial charge is 0.196 e. The summed E-state index contributed by atoms with van der Waals surface area (Å²) in [5, 5.41) is 1.88. The van der Waals surface area contributed by atoms with Crippen LogP contribution in [0.5, 0.6) is 0 Å². The third kappa shape index (κ3) is 1.76. The van der Waals surface area contributed by atoms with Crippen molar-refractivity contribution in [1.82, 2.24) is 4.98 Å². The molecule has 0 bridgehead atoms. The van der Waals surface area contributed by atoms with Crippen molar-refractivity contribution in [2.45, 2.75) is 0 Å². The second kappa shape index (κ2) is 4.02. The highest BCUT2D eigenvalue weighted by atomic mass is 79.9. The van der Waals surface area contributed by atoms with Crippen LogP contribution in [0, 0.1) is 0 Å². The zero-order valence-electron chi connectivity index (χ0n) is 7.11. The topological polar surface area (TPSA) is 30.0 Å². The summed E-state index contributed by atoms with van der Waals surface area (Å²) >= 11 is 4.84. The highest BCUT2D eigenvalue weighted by Crippen LogP contribution is 2.25. The predicted molar refractivity (Wildman–Crippen MR) is 59.7 cm³/mol. The number of aromatic nitrogens is 1. The quantitative estimate of drug-likeness (QED) is 0.783. The lowest BCUT2D eigenvalue weighted by molar-refractivity contribution is 0.103. The molecule has 2 rings (SSSR count). The van der Waals surface area contributed by atoms with E-state index in [4.69, 9.17) is 0 Å². The Morgan fingerprint density at radius 1 is 1.43 bits per heavy atom. The molecule has 0 aliphatic rings. The molecule has 0 aromatic carbocycles. The molecule has 0 saturated heterocycles. The highest BCUT2D eigenvalue weighted by Gasteiger charge is 2.12. The van der Waals surface area contributed by atoms with Gasteiger partial charge in [-0.05, 0) is 39.5 Å². The molecule has 0 atom stereocenters. The molecule has 0 aliphatic heterocycles. The Labute approximate surface area is 93.7 Å². The summed E-state index contributed by atoms with van der Waals surface area (Å²) in [6.07, 6.45) is 3.23. The van der Waals surface area contributed by atoms with Crippen LogP contribution in [0.4, 0.5) is 0 Å². The summed E-state index contributed by atoms with van der Waals surface area (Å²) in [6, 6.07) is 5.33. The first kappa shape index (κ1) is 9.55. The first-order chi connectivity index (χ1) is 6.79. The van der Waals surface area contributed by atoms with Gasteiger partial charge in [-0.25, -0.2) is 0 Å². The Morgan fingerprint density at radius 2 is 2.29 bits per heavy atom. The Balaban J connectivity index is 2.39. The summed E-state index contributed by atoms with van der Waals surface area (Å²) in [6.45, 7) is 0. The van der Waals surface area contributed by atoms with Gasteiger partial charge in [0, 0.05) is 23.5 Å². The van der Waals surface area contributed by atoms with E-state index in [0.717, 1.165) is 3.79 Å². The molecule has 4 heteroatoms. The Morgan fingerprint density at radius 3 is 2.86 bits per heavy atom. The SMILES string of the molecule is O=C(c1cccnc1)c1ccsc1Br. The van der Waals surface area contributed by atoms with Crippen LogP contribution in [0.25, 0.3) is 0 Å². The number of pyridine rings is 1. The fourth-order valence-corrected chi connectivity index (χ4v) is 2.36. The first-order valence-electron chi connectivity index (χ1n) is 3.97. The number of thiophene rings is 1. The maximum Gasteiger partial charge on any atom is 0.196 e. The van der Waals surface area contributed by atoms with Gasteiger partial charge in [0.1, 0.15) is 0 Å². The molecule has 70 valence electrons. The van der Waals surface area contributed by atoms with Gasteiger partial charge < -0.3 is 0 Å². The van der Waals surface area contributed by atoms with Crippen LogP contribution in [0.15, 0.2) is 39.8 Å². The van der Waals surface area contributed by atoms with Crippen LogP contribution in [0.1, 0.15) is 15.9 Å². The summed E-state index contributed by atoms with van der Waals surface area (Å²) < 4.78 is 0.867. The van der Waals surface area contributed by atoms with Crippen molar-refractivity contribution in [3.8, 4) is 0 Å². The van der Waals surface area contributed by atoms with E-state index >= 15 is 0 Å². The second-order valence-electron chi connectivity index (χ2n) is 2.68. The van der Waals surface area contributed by atoms with Crippen molar-refractivity contribution >= 4 is 33.0 Å². The van der Waals surface area contributed by atoms with Gasteiger partial charge in [-0.15, -0.1) is 11.3 Å². The van der Waals surface area contributed by atoms with Crippen molar-refractivity contribution in [3.63, 3.8) is 0 Å². The molecule has 2 nitrogen and oxygen atoms in total. The second-order valence-corrected chi connectivity index (χ2v) is 4.91. The number of carbonyl (C=O) groups excluding carboxylic acids is 1. The summed E-state index contributed by atoms with van der Waals surface area (Å²) in [5.41, 5.74) is 1.31. The summed E-state index contributed by atoms with van der Waals surface area (Å²) in [7, 11) is 0. The van der Waals surface area contributed by atoms with Crippen LogP contribution in [-0.2, 0) is 0 Å². The van der Waals surface area contributed by atoms with Crippen molar-refractivity contribution < 1.29 is 4.79 Å². The van der Waals surface area contributed by atoms with E-state index in [1.54, 1.807) is 24.5 Å². The van der Waals surface area contributed by atoms with Crippen LogP contribution in [0.3, 0.4) is 0 Å². The average molecular weight is 268 g/mol. The van der Waals surface area contributed by atoms with Gasteiger partial charge in [0.2, 0.25) is 0 Å². The maximum absolute atomic E-state index is 11.9. The van der Waals surface area contributed by atoms with E-state index in [2.05, 4.69) is 20.9 Å². The number of hydrogen-bond acceptors (Lipinski definition) is 3. The van der Waals surface area contributed by atoms with Gasteiger partial charge in [-0.2, -0.15) is 0 Å². The average Bonchev–Trinajstić information content (AvgIpc) is 2.65. The summed E-state index contributed by atoms with van der Waals surface area (Å²) in [5.74, 6) is 0.00576. The molecule has 2 aromatic heterocycles. The Hall–Kier alpha value is -1.00. The maximum atomic E-state index is 11.9. The minimum absolute atomic E-state index is 0.00576. The minimum atomic E-state index is 0.00576. The molecule has 0 radical (unpaired) electrons. The van der Waals surface area contributed by atoms with Gasteiger partial charge in [-0.3, -0.25) is 9.78 Å². The molecular formula is C10H6BrNOS. The molecule has 0 aliphatic carbocycles. The molecule has 0 unspecified atom stereocenters. The van der Waals surface area contributed by atoms with E-state index < -0.39 is 0 Å². The van der Waals surface area contributed by atoms with E-state index in [1.165, 1.54) is 11.3 Å². The molecule has 0 N–H and O–H groups in total. The minimum Gasteiger partial charge on any atom is -0.288 e. The number of ketones is 1. The molecular weight excluding hydrogens is 262 g/mol. The predicted octanol–water partition coefficient (Wildman–Crippen LogP) is 3.14. The first-order valence-corrected chi connectivity index (χ1v) is 5.64. The number of rotatable bonds is 2. The largest absolute Gasteiger partial charge is 0.288 e. The van der Waals surface area contributed by atoms with Gasteiger partial charge >= 0.3 is 0 Å². The van der Waals surface area contributed by atoms with Gasteiger partial charge in [0.15, 0.2) is 5.78 Å². The number of halogens is 1. The van der Waals surface area contributed by atoms with E-state index in [0.29, 0.717) is 11.1 Å². The van der Waals surface area contributed by atoms with Crippen LogP contribution >= 0.6 is 27.3 Å². The molecule has 0 spiro atoms. The van der Waals surface area contributed by atoms with Crippen molar-refractivity contribution in [2.75, 3.05) is 0 Å². The van der Waals surface area contributed by atoms with Crippen molar-refractivity contribution in [2.24, 2.45) is 0 Å². The Bertz CT molecular complexity index is 452. The molecule has 14 heavy (non-hydrogen) atoms. The third-order valence-corrected chi connectivity index (χ3v) is 3.47. The normalized spacial score (nSPS) is 10.1. The lowest BCUT2D eigenvalue weighted by Gasteiger charge is -1.97. The van der Waals surface area contributed by atoms with Crippen LogP contribution < -0.4 is 0 Å². The number of carbonyl (C=O) groups is 1. The fourth-order valence-electron chi connectivity index (χ4n) is 1.11. The van der Waals surface area contributed by atoms with E-state index in [9.17, 15) is 4.79 Å². The van der Waals surface area contributed by atoms with Crippen LogP contribution in [-0.4, -0.2) is 10.8 Å². The lowest BCUT2D eigenvalue weighted by atomic mass is 10.1. The molecule has 2 aromatic rings. The molecule has 0 saturated carbocycles. The van der Waals surface area contributed by atoms with Crippen molar-refractivity contribution in [1.29, 1.82) is 0 Å². The molecule has 2 heterocycles. The highest BCUT2D eigenvalue weighted by molar-refractivity contribution is 9.11. The zero-order chi connectivity index (χ0) is 9.97. The zero-order valence-corrected chi connectivity index (χ0v) is 9.51. The molecule has 0 amide bonds. The number of nitrogens with zero attached hydrogens (tertiary/aromatic N) is 1. The number of hydrogen-bond donors (Lipinski definition) is 0. The van der Waals surface area contributed by atoms with Gasteiger partial charge in [0.25, 0.3) is 0 Å². The van der Waals surface area contributed by atoms with E-state index in [1.807, 2.05) is 11.4 Å². The van der Waals surface area contributed by atoms with Gasteiger partial charge in [-0.1, -0.05) is 0 Å². The standard InChI is InChI=1S/C10H6BrNOS/c11-10-8(3-5-14-10)9(13)7-2-1-4-12-6-7/h1-6H. The van der Waals surface area contributed by atoms with Crippen molar-refractivity contribution in [3.05, 3.63) is 50.9 Å². The summed E-state index contributed by atoms with van der Waals surface area (Å²) in [4.78, 5) is 15.8. The third-order valence-electron chi connectivity index (χ3n) is 1.79. The van der Waals surface area contributed by atoms with Gasteiger partial charge in [0.05, 0.1) is 3.79 Å². The monoisotopic (exact) mass is 267 g/mol. The Kier molecular flexibility index (Phi) is 2.74.